The SMILES string of the molecule is CC(C)(C)C.CNC(=O)C1CCCN1C(=O)C(NC(=O)NC(C)C(=O)N(C)Cc1ccccc1)C(C)(C)C. The Morgan fingerprint density at radius 1 is 1.00 bits per heavy atom. The van der Waals surface area contributed by atoms with E-state index in [0.29, 0.717) is 24.9 Å². The zero-order valence-corrected chi connectivity index (χ0v) is 25.0. The van der Waals surface area contributed by atoms with Crippen LogP contribution in [0.25, 0.3) is 0 Å². The van der Waals surface area contributed by atoms with Gasteiger partial charge in [0.2, 0.25) is 17.7 Å². The molecule has 9 heteroatoms. The van der Waals surface area contributed by atoms with Gasteiger partial charge in [0.05, 0.1) is 0 Å². The quantitative estimate of drug-likeness (QED) is 0.500. The van der Waals surface area contributed by atoms with Crippen molar-refractivity contribution in [2.75, 3.05) is 20.6 Å². The van der Waals surface area contributed by atoms with E-state index in [0.717, 1.165) is 12.0 Å². The van der Waals surface area contributed by atoms with Crippen LogP contribution >= 0.6 is 0 Å². The highest BCUT2D eigenvalue weighted by Gasteiger charge is 2.41. The molecule has 9 nitrogen and oxygen atoms in total. The molecule has 3 N–H and O–H groups in total. The molecule has 0 spiro atoms. The number of amides is 5. The molecule has 214 valence electrons. The van der Waals surface area contributed by atoms with Crippen molar-refractivity contribution in [1.29, 1.82) is 0 Å². The fraction of sp³-hybridized carbons (Fsp3) is 0.655. The Balaban J connectivity index is 0.00000132. The first kappa shape index (κ1) is 32.9. The van der Waals surface area contributed by atoms with Crippen molar-refractivity contribution >= 4 is 23.8 Å². The predicted octanol–water partition coefficient (Wildman–Crippen LogP) is 3.54. The number of urea groups is 1. The summed E-state index contributed by atoms with van der Waals surface area (Å²) in [4.78, 5) is 54.1. The first-order chi connectivity index (χ1) is 17.5. The molecular weight excluding hydrogens is 482 g/mol. The van der Waals surface area contributed by atoms with Crippen molar-refractivity contribution in [2.24, 2.45) is 10.8 Å². The van der Waals surface area contributed by atoms with E-state index in [2.05, 4.69) is 43.6 Å². The lowest BCUT2D eigenvalue weighted by Gasteiger charge is -2.35. The summed E-state index contributed by atoms with van der Waals surface area (Å²) < 4.78 is 0. The van der Waals surface area contributed by atoms with Gasteiger partial charge in [0.25, 0.3) is 0 Å². The molecule has 38 heavy (non-hydrogen) atoms. The average Bonchev–Trinajstić information content (AvgIpc) is 3.30. The van der Waals surface area contributed by atoms with Gasteiger partial charge < -0.3 is 25.8 Å². The maximum atomic E-state index is 13.3. The zero-order chi connectivity index (χ0) is 29.3. The molecule has 3 atom stereocenters. The molecule has 0 radical (unpaired) electrons. The van der Waals surface area contributed by atoms with Crippen LogP contribution in [0.2, 0.25) is 0 Å². The Kier molecular flexibility index (Phi) is 12.3. The Labute approximate surface area is 229 Å². The van der Waals surface area contributed by atoms with Crippen molar-refractivity contribution in [1.82, 2.24) is 25.8 Å². The molecule has 1 saturated heterocycles. The van der Waals surface area contributed by atoms with Gasteiger partial charge in [0.15, 0.2) is 0 Å². The van der Waals surface area contributed by atoms with Gasteiger partial charge in [-0.1, -0.05) is 78.8 Å². The van der Waals surface area contributed by atoms with Gasteiger partial charge in [-0.2, -0.15) is 0 Å². The Hall–Kier alpha value is -3.10. The number of carbonyl (C=O) groups excluding carboxylic acids is 4. The molecule has 0 aromatic heterocycles. The molecule has 0 aliphatic carbocycles. The zero-order valence-electron chi connectivity index (χ0n) is 25.0. The van der Waals surface area contributed by atoms with Gasteiger partial charge in [0, 0.05) is 27.2 Å². The summed E-state index contributed by atoms with van der Waals surface area (Å²) in [6.07, 6.45) is 1.32. The first-order valence-corrected chi connectivity index (χ1v) is 13.3. The largest absolute Gasteiger partial charge is 0.357 e. The third kappa shape index (κ3) is 11.1. The molecular formula is C29H49N5O4. The van der Waals surface area contributed by atoms with Crippen molar-refractivity contribution in [3.63, 3.8) is 0 Å². The van der Waals surface area contributed by atoms with Crippen LogP contribution in [0.15, 0.2) is 30.3 Å². The third-order valence-corrected chi connectivity index (χ3v) is 5.83. The summed E-state index contributed by atoms with van der Waals surface area (Å²) in [7, 11) is 3.22. The van der Waals surface area contributed by atoms with Crippen LogP contribution in [0, 0.1) is 10.8 Å². The van der Waals surface area contributed by atoms with Crippen LogP contribution in [0.3, 0.4) is 0 Å². The van der Waals surface area contributed by atoms with Crippen LogP contribution in [0.1, 0.15) is 73.8 Å². The lowest BCUT2D eigenvalue weighted by atomic mass is 9.85. The molecule has 1 aromatic rings. The summed E-state index contributed by atoms with van der Waals surface area (Å²) in [6, 6.07) is 6.80. The highest BCUT2D eigenvalue weighted by molar-refractivity contribution is 5.93. The van der Waals surface area contributed by atoms with Crippen LogP contribution in [0.5, 0.6) is 0 Å². The molecule has 2 rings (SSSR count). The molecule has 5 amide bonds. The highest BCUT2D eigenvalue weighted by Crippen LogP contribution is 2.25. The standard InChI is InChI=1S/C24H37N5O4.C5H12/c1-16(21(31)28(6)15-17-11-8-7-9-12-17)26-23(33)27-19(24(2,3)4)22(32)29-14-10-13-18(29)20(30)25-5;1-5(2,3)4/h7-9,11-12,16,18-19H,10,13-15H2,1-6H3,(H,25,30)(H2,26,27,33);1-4H3. The second-order valence-electron chi connectivity index (χ2n) is 12.6. The van der Waals surface area contributed by atoms with Gasteiger partial charge in [-0.25, -0.2) is 4.79 Å². The van der Waals surface area contributed by atoms with Crippen LogP contribution in [-0.4, -0.2) is 72.3 Å². The van der Waals surface area contributed by atoms with E-state index >= 15 is 0 Å². The molecule has 1 heterocycles. The number of hydrogen-bond acceptors (Lipinski definition) is 4. The first-order valence-electron chi connectivity index (χ1n) is 13.3. The smallest absolute Gasteiger partial charge is 0.316 e. The van der Waals surface area contributed by atoms with Crippen molar-refractivity contribution in [3.05, 3.63) is 35.9 Å². The van der Waals surface area contributed by atoms with E-state index in [-0.39, 0.29) is 17.7 Å². The minimum absolute atomic E-state index is 0.210. The lowest BCUT2D eigenvalue weighted by molar-refractivity contribution is -0.141. The topological polar surface area (TPSA) is 111 Å². The number of carbonyl (C=O) groups is 4. The Morgan fingerprint density at radius 3 is 2.05 bits per heavy atom. The van der Waals surface area contributed by atoms with E-state index in [4.69, 9.17) is 0 Å². The monoisotopic (exact) mass is 531 g/mol. The van der Waals surface area contributed by atoms with Gasteiger partial charge >= 0.3 is 6.03 Å². The van der Waals surface area contributed by atoms with Crippen molar-refractivity contribution in [2.45, 2.75) is 92.9 Å². The van der Waals surface area contributed by atoms with Crippen molar-refractivity contribution in [3.8, 4) is 0 Å². The van der Waals surface area contributed by atoms with Gasteiger partial charge in [-0.3, -0.25) is 14.4 Å². The molecule has 0 bridgehead atoms. The highest BCUT2D eigenvalue weighted by atomic mass is 16.2. The van der Waals surface area contributed by atoms with Crippen LogP contribution in [0.4, 0.5) is 4.79 Å². The van der Waals surface area contributed by atoms with E-state index in [1.54, 1.807) is 25.9 Å². The summed E-state index contributed by atoms with van der Waals surface area (Å²) in [5.74, 6) is -0.755. The predicted molar refractivity (Wildman–Crippen MR) is 151 cm³/mol. The third-order valence-electron chi connectivity index (χ3n) is 5.83. The van der Waals surface area contributed by atoms with Gasteiger partial charge in [-0.15, -0.1) is 0 Å². The van der Waals surface area contributed by atoms with E-state index < -0.39 is 29.6 Å². The molecule has 1 aliphatic rings. The normalized spacial score (nSPS) is 16.9. The fourth-order valence-electron chi connectivity index (χ4n) is 3.98. The van der Waals surface area contributed by atoms with E-state index in [1.807, 2.05) is 51.1 Å². The minimum Gasteiger partial charge on any atom is -0.357 e. The fourth-order valence-corrected chi connectivity index (χ4v) is 3.98. The second-order valence-corrected chi connectivity index (χ2v) is 12.6. The number of nitrogens with one attached hydrogen (secondary N) is 3. The van der Waals surface area contributed by atoms with Crippen LogP contribution in [-0.2, 0) is 20.9 Å². The maximum Gasteiger partial charge on any atom is 0.316 e. The summed E-state index contributed by atoms with van der Waals surface area (Å²) in [5, 5.41) is 7.99. The number of hydrogen-bond donors (Lipinski definition) is 3. The summed E-state index contributed by atoms with van der Waals surface area (Å²) in [5.41, 5.74) is 0.890. The number of rotatable bonds is 7. The maximum absolute atomic E-state index is 13.3. The van der Waals surface area contributed by atoms with Gasteiger partial charge in [-0.05, 0) is 36.2 Å². The Morgan fingerprint density at radius 2 is 1.55 bits per heavy atom. The minimum atomic E-state index is -0.855. The van der Waals surface area contributed by atoms with Crippen LogP contribution < -0.4 is 16.0 Å². The molecule has 1 fully saturated rings. The number of benzene rings is 1. The average molecular weight is 532 g/mol. The number of likely N-dealkylation sites (N-methyl/N-ethyl adjacent to an activating group) is 2. The Bertz CT molecular complexity index is 931. The van der Waals surface area contributed by atoms with E-state index in [1.165, 1.54) is 4.90 Å². The summed E-state index contributed by atoms with van der Waals surface area (Å²) in [6.45, 7) is 16.8. The number of nitrogens with zero attached hydrogens (tertiary/aromatic N) is 2. The molecule has 3 unspecified atom stereocenters. The van der Waals surface area contributed by atoms with Gasteiger partial charge in [0.1, 0.15) is 18.1 Å². The second kappa shape index (κ2) is 14.2. The molecule has 1 aromatic carbocycles. The molecule has 0 saturated carbocycles. The summed E-state index contributed by atoms with van der Waals surface area (Å²) >= 11 is 0. The lowest BCUT2D eigenvalue weighted by Crippen LogP contribution is -2.60. The molecule has 1 aliphatic heterocycles. The van der Waals surface area contributed by atoms with Crippen molar-refractivity contribution < 1.29 is 19.2 Å². The number of likely N-dealkylation sites (tertiary alicyclic amines) is 1. The van der Waals surface area contributed by atoms with E-state index in [9.17, 15) is 19.2 Å².